The first-order valence-corrected chi connectivity index (χ1v) is 7.25. The van der Waals surface area contributed by atoms with Crippen LogP contribution in [-0.4, -0.2) is 10.9 Å². The highest BCUT2D eigenvalue weighted by atomic mass is 79.9. The average molecular weight is 384 g/mol. The zero-order valence-corrected chi connectivity index (χ0v) is 13.7. The average Bonchev–Trinajstić information content (AvgIpc) is 2.35. The molecule has 1 heterocycles. The molecule has 19 heavy (non-hydrogen) atoms. The molecule has 0 fully saturated rings. The van der Waals surface area contributed by atoms with Gasteiger partial charge in [-0.3, -0.25) is 4.79 Å². The molecule has 0 atom stereocenters. The van der Waals surface area contributed by atoms with Crippen LogP contribution in [0.2, 0.25) is 0 Å². The molecule has 3 nitrogen and oxygen atoms in total. The molecule has 98 valence electrons. The third-order valence-electron chi connectivity index (χ3n) is 2.72. The number of aromatic nitrogens is 1. The van der Waals surface area contributed by atoms with Crippen molar-refractivity contribution in [2.45, 2.75) is 13.8 Å². The molecule has 0 unspecified atom stereocenters. The van der Waals surface area contributed by atoms with Crippen molar-refractivity contribution in [3.05, 3.63) is 56.1 Å². The van der Waals surface area contributed by atoms with Crippen molar-refractivity contribution < 1.29 is 4.79 Å². The number of rotatable bonds is 2. The van der Waals surface area contributed by atoms with Crippen molar-refractivity contribution in [1.82, 2.24) is 4.98 Å². The number of benzene rings is 1. The van der Waals surface area contributed by atoms with Gasteiger partial charge in [-0.2, -0.15) is 0 Å². The predicted molar refractivity (Wildman–Crippen MR) is 83.5 cm³/mol. The van der Waals surface area contributed by atoms with Gasteiger partial charge in [-0.1, -0.05) is 22.0 Å². The maximum absolute atomic E-state index is 12.2. The maximum Gasteiger partial charge on any atom is 0.257 e. The van der Waals surface area contributed by atoms with Gasteiger partial charge in [-0.25, -0.2) is 4.98 Å². The van der Waals surface area contributed by atoms with Crippen molar-refractivity contribution in [2.24, 2.45) is 0 Å². The summed E-state index contributed by atoms with van der Waals surface area (Å²) in [6, 6.07) is 7.53. The third-order valence-corrected chi connectivity index (χ3v) is 3.65. The second-order valence-corrected chi connectivity index (χ2v) is 6.06. The Morgan fingerprint density at radius 3 is 2.53 bits per heavy atom. The van der Waals surface area contributed by atoms with Gasteiger partial charge in [0.05, 0.1) is 0 Å². The van der Waals surface area contributed by atoms with Crippen LogP contribution < -0.4 is 5.32 Å². The number of carbonyl (C=O) groups excluding carboxylic acids is 1. The van der Waals surface area contributed by atoms with E-state index < -0.39 is 0 Å². The van der Waals surface area contributed by atoms with Gasteiger partial charge < -0.3 is 5.32 Å². The fourth-order valence-corrected chi connectivity index (χ4v) is 2.49. The summed E-state index contributed by atoms with van der Waals surface area (Å²) in [5, 5.41) is 2.83. The van der Waals surface area contributed by atoms with Gasteiger partial charge in [-0.15, -0.1) is 0 Å². The van der Waals surface area contributed by atoms with Crippen LogP contribution in [0.15, 0.2) is 39.4 Å². The zero-order valence-electron chi connectivity index (χ0n) is 10.5. The Kier molecular flexibility index (Phi) is 4.37. The molecule has 1 N–H and O–H groups in total. The third kappa shape index (κ3) is 3.42. The number of nitrogens with one attached hydrogen (secondary N) is 1. The van der Waals surface area contributed by atoms with Crippen LogP contribution in [-0.2, 0) is 0 Å². The minimum absolute atomic E-state index is 0.156. The van der Waals surface area contributed by atoms with Crippen molar-refractivity contribution in [2.75, 3.05) is 5.32 Å². The second kappa shape index (κ2) is 5.84. The van der Waals surface area contributed by atoms with E-state index in [4.69, 9.17) is 0 Å². The Bertz CT molecular complexity index is 641. The summed E-state index contributed by atoms with van der Waals surface area (Å²) in [4.78, 5) is 16.4. The topological polar surface area (TPSA) is 42.0 Å². The number of hydrogen-bond acceptors (Lipinski definition) is 2. The van der Waals surface area contributed by atoms with E-state index in [0.29, 0.717) is 11.4 Å². The molecule has 1 amide bonds. The highest BCUT2D eigenvalue weighted by Gasteiger charge is 2.11. The monoisotopic (exact) mass is 382 g/mol. The fraction of sp³-hybridized carbons (Fsp3) is 0.143. The molecule has 1 aromatic carbocycles. The Morgan fingerprint density at radius 2 is 1.84 bits per heavy atom. The lowest BCUT2D eigenvalue weighted by atomic mass is 10.1. The first kappa shape index (κ1) is 14.2. The lowest BCUT2D eigenvalue weighted by molar-refractivity contribution is 0.102. The molecule has 0 spiro atoms. The number of carbonyl (C=O) groups is 1. The van der Waals surface area contributed by atoms with Crippen LogP contribution in [0.1, 0.15) is 21.5 Å². The summed E-state index contributed by atoms with van der Waals surface area (Å²) in [5.41, 5.74) is 2.48. The van der Waals surface area contributed by atoms with Crippen molar-refractivity contribution in [3.8, 4) is 0 Å². The Hall–Kier alpha value is -1.20. The Balaban J connectivity index is 2.28. The summed E-state index contributed by atoms with van der Waals surface area (Å²) in [6.45, 7) is 3.81. The molecule has 0 aliphatic heterocycles. The highest BCUT2D eigenvalue weighted by Crippen LogP contribution is 2.20. The number of nitrogens with zero attached hydrogens (tertiary/aromatic N) is 1. The molecule has 2 aromatic rings. The number of hydrogen-bond donors (Lipinski definition) is 1. The van der Waals surface area contributed by atoms with Crippen molar-refractivity contribution in [1.29, 1.82) is 0 Å². The molecule has 0 aliphatic rings. The maximum atomic E-state index is 12.2. The lowest BCUT2D eigenvalue weighted by Crippen LogP contribution is -2.15. The number of pyridine rings is 1. The number of amides is 1. The minimum Gasteiger partial charge on any atom is -0.306 e. The smallest absolute Gasteiger partial charge is 0.257 e. The van der Waals surface area contributed by atoms with Gasteiger partial charge >= 0.3 is 0 Å². The largest absolute Gasteiger partial charge is 0.306 e. The molecule has 0 bridgehead atoms. The summed E-state index contributed by atoms with van der Waals surface area (Å²) >= 11 is 6.72. The number of anilines is 1. The predicted octanol–water partition coefficient (Wildman–Crippen LogP) is 4.48. The van der Waals surface area contributed by atoms with E-state index >= 15 is 0 Å². The first-order chi connectivity index (χ1) is 8.97. The fourth-order valence-electron chi connectivity index (χ4n) is 1.69. The molecule has 1 aromatic heterocycles. The van der Waals surface area contributed by atoms with E-state index in [2.05, 4.69) is 42.2 Å². The van der Waals surface area contributed by atoms with E-state index in [1.54, 1.807) is 12.3 Å². The van der Waals surface area contributed by atoms with Crippen LogP contribution >= 0.6 is 31.9 Å². The standard InChI is InChI=1S/C14H12Br2N2O/c1-8-3-4-10(15)6-12(8)14(19)18-13-9(2)5-11(16)7-17-13/h3-7H,1-2H3,(H,17,18,19). The van der Waals surface area contributed by atoms with Crippen LogP contribution in [0.5, 0.6) is 0 Å². The quantitative estimate of drug-likeness (QED) is 0.830. The van der Waals surface area contributed by atoms with Crippen LogP contribution in [0.4, 0.5) is 5.82 Å². The minimum atomic E-state index is -0.156. The van der Waals surface area contributed by atoms with Gasteiger partial charge in [0.1, 0.15) is 5.82 Å². The molecule has 5 heteroatoms. The normalized spacial score (nSPS) is 10.3. The summed E-state index contributed by atoms with van der Waals surface area (Å²) < 4.78 is 1.77. The number of aryl methyl sites for hydroxylation is 2. The van der Waals surface area contributed by atoms with Gasteiger partial charge in [0, 0.05) is 20.7 Å². The van der Waals surface area contributed by atoms with Crippen molar-refractivity contribution >= 4 is 43.6 Å². The van der Waals surface area contributed by atoms with Gasteiger partial charge in [-0.05, 0) is 59.1 Å². The SMILES string of the molecule is Cc1ccc(Br)cc1C(=O)Nc1ncc(Br)cc1C. The summed E-state index contributed by atoms with van der Waals surface area (Å²) in [6.07, 6.45) is 1.66. The Morgan fingerprint density at radius 1 is 1.11 bits per heavy atom. The van der Waals surface area contributed by atoms with E-state index in [-0.39, 0.29) is 5.91 Å². The summed E-state index contributed by atoms with van der Waals surface area (Å²) in [5.74, 6) is 0.421. The molecule has 0 saturated carbocycles. The van der Waals surface area contributed by atoms with Crippen LogP contribution in [0.3, 0.4) is 0 Å². The van der Waals surface area contributed by atoms with Gasteiger partial charge in [0.25, 0.3) is 5.91 Å². The van der Waals surface area contributed by atoms with Crippen molar-refractivity contribution in [3.63, 3.8) is 0 Å². The van der Waals surface area contributed by atoms with Crippen LogP contribution in [0, 0.1) is 13.8 Å². The zero-order chi connectivity index (χ0) is 14.0. The van der Waals surface area contributed by atoms with E-state index in [1.165, 1.54) is 0 Å². The van der Waals surface area contributed by atoms with E-state index in [0.717, 1.165) is 20.1 Å². The highest BCUT2D eigenvalue weighted by molar-refractivity contribution is 9.10. The molecule has 0 radical (unpaired) electrons. The van der Waals surface area contributed by atoms with E-state index in [9.17, 15) is 4.79 Å². The molecule has 2 rings (SSSR count). The molecule has 0 saturated heterocycles. The second-order valence-electron chi connectivity index (χ2n) is 4.23. The molecular weight excluding hydrogens is 372 g/mol. The number of halogens is 2. The molecule has 0 aliphatic carbocycles. The van der Waals surface area contributed by atoms with E-state index in [1.807, 2.05) is 32.0 Å². The Labute approximate surface area is 128 Å². The summed E-state index contributed by atoms with van der Waals surface area (Å²) in [7, 11) is 0. The van der Waals surface area contributed by atoms with Gasteiger partial charge in [0.15, 0.2) is 0 Å². The lowest BCUT2D eigenvalue weighted by Gasteiger charge is -2.09. The van der Waals surface area contributed by atoms with Gasteiger partial charge in [0.2, 0.25) is 0 Å². The van der Waals surface area contributed by atoms with Crippen LogP contribution in [0.25, 0.3) is 0 Å². The first-order valence-electron chi connectivity index (χ1n) is 5.67. The molecular formula is C14H12Br2N2O.